The average Bonchev–Trinajstić information content (AvgIpc) is 3.29. The van der Waals surface area contributed by atoms with Gasteiger partial charge in [0.15, 0.2) is 0 Å². The van der Waals surface area contributed by atoms with Crippen LogP contribution in [-0.4, -0.2) is 71.5 Å². The van der Waals surface area contributed by atoms with Gasteiger partial charge in [0.25, 0.3) is 0 Å². The van der Waals surface area contributed by atoms with Crippen LogP contribution in [0.4, 0.5) is 0 Å². The minimum Gasteiger partial charge on any atom is -0.302 e. The first kappa shape index (κ1) is 20.3. The van der Waals surface area contributed by atoms with E-state index in [1.807, 2.05) is 6.20 Å². The van der Waals surface area contributed by atoms with Crippen molar-refractivity contribution < 1.29 is 0 Å². The minimum absolute atomic E-state index is 0.840. The Hall–Kier alpha value is -0.970. The SMILES string of the molecule is c1cncc(CN(CCN2CCCCC2)C[C@H]2CCCN(C3CCCC3)C2)c1. The third-order valence-corrected chi connectivity index (χ3v) is 7.22. The molecule has 3 heterocycles. The molecule has 0 radical (unpaired) electrons. The topological polar surface area (TPSA) is 22.6 Å². The van der Waals surface area contributed by atoms with E-state index in [1.54, 1.807) is 0 Å². The molecule has 0 aromatic carbocycles. The van der Waals surface area contributed by atoms with Gasteiger partial charge >= 0.3 is 0 Å². The highest BCUT2D eigenvalue weighted by Crippen LogP contribution is 2.28. The standard InChI is InChI=1S/C24H40N4/c1-4-13-26(14-5-1)16-17-27(19-22-8-6-12-25-18-22)20-23-9-7-15-28(21-23)24-10-2-3-11-24/h6,8,12,18,23-24H,1-5,7,9-11,13-17,19-21H2/t23-/m1/s1. The van der Waals surface area contributed by atoms with Crippen LogP contribution in [0.3, 0.4) is 0 Å². The largest absolute Gasteiger partial charge is 0.302 e. The van der Waals surface area contributed by atoms with Gasteiger partial charge in [-0.3, -0.25) is 9.88 Å². The summed E-state index contributed by atoms with van der Waals surface area (Å²) in [5.41, 5.74) is 1.37. The van der Waals surface area contributed by atoms with E-state index in [0.29, 0.717) is 0 Å². The molecule has 156 valence electrons. The fourth-order valence-electron chi connectivity index (χ4n) is 5.66. The lowest BCUT2D eigenvalue weighted by molar-refractivity contribution is 0.0912. The Labute approximate surface area is 172 Å². The van der Waals surface area contributed by atoms with E-state index >= 15 is 0 Å². The van der Waals surface area contributed by atoms with Crippen molar-refractivity contribution in [2.75, 3.05) is 45.8 Å². The summed E-state index contributed by atoms with van der Waals surface area (Å²) in [6.07, 6.45) is 16.8. The lowest BCUT2D eigenvalue weighted by atomic mass is 9.95. The van der Waals surface area contributed by atoms with E-state index in [1.165, 1.54) is 109 Å². The lowest BCUT2D eigenvalue weighted by Gasteiger charge is -2.39. The molecule has 1 aromatic rings. The normalized spacial score (nSPS) is 25.5. The second-order valence-electron chi connectivity index (χ2n) is 9.44. The van der Waals surface area contributed by atoms with Gasteiger partial charge in [0, 0.05) is 51.2 Å². The van der Waals surface area contributed by atoms with Gasteiger partial charge in [-0.2, -0.15) is 0 Å². The van der Waals surface area contributed by atoms with Crippen LogP contribution in [0.25, 0.3) is 0 Å². The van der Waals surface area contributed by atoms with Gasteiger partial charge in [0.05, 0.1) is 0 Å². The van der Waals surface area contributed by atoms with Crippen LogP contribution in [-0.2, 0) is 6.54 Å². The van der Waals surface area contributed by atoms with Crippen molar-refractivity contribution in [3.8, 4) is 0 Å². The third-order valence-electron chi connectivity index (χ3n) is 7.22. The summed E-state index contributed by atoms with van der Waals surface area (Å²) in [6.45, 7) is 10.0. The maximum atomic E-state index is 4.35. The molecule has 28 heavy (non-hydrogen) atoms. The van der Waals surface area contributed by atoms with E-state index in [4.69, 9.17) is 0 Å². The molecule has 0 N–H and O–H groups in total. The molecule has 0 unspecified atom stereocenters. The Kier molecular flexibility index (Phi) is 7.76. The Morgan fingerprint density at radius 3 is 2.61 bits per heavy atom. The summed E-state index contributed by atoms with van der Waals surface area (Å²) < 4.78 is 0. The highest BCUT2D eigenvalue weighted by molar-refractivity contribution is 5.08. The molecule has 2 aliphatic heterocycles. The summed E-state index contributed by atoms with van der Waals surface area (Å²) in [5, 5.41) is 0. The van der Waals surface area contributed by atoms with E-state index in [9.17, 15) is 0 Å². The van der Waals surface area contributed by atoms with Crippen molar-refractivity contribution in [3.63, 3.8) is 0 Å². The first-order chi connectivity index (χ1) is 13.9. The molecule has 3 fully saturated rings. The number of hydrogen-bond donors (Lipinski definition) is 0. The van der Waals surface area contributed by atoms with Gasteiger partial charge in [0.1, 0.15) is 0 Å². The predicted octanol–water partition coefficient (Wildman–Crippen LogP) is 4.02. The molecular formula is C24H40N4. The van der Waals surface area contributed by atoms with Crippen LogP contribution in [0, 0.1) is 5.92 Å². The van der Waals surface area contributed by atoms with Gasteiger partial charge in [-0.05, 0) is 75.7 Å². The Morgan fingerprint density at radius 2 is 1.82 bits per heavy atom. The molecule has 1 atom stereocenters. The smallest absolute Gasteiger partial charge is 0.0312 e. The van der Waals surface area contributed by atoms with Gasteiger partial charge in [0.2, 0.25) is 0 Å². The van der Waals surface area contributed by atoms with Crippen LogP contribution in [0.5, 0.6) is 0 Å². The summed E-state index contributed by atoms with van der Waals surface area (Å²) in [4.78, 5) is 12.6. The zero-order valence-electron chi connectivity index (χ0n) is 17.8. The molecule has 4 rings (SSSR count). The van der Waals surface area contributed by atoms with Crippen LogP contribution in [0.2, 0.25) is 0 Å². The molecule has 4 heteroatoms. The molecule has 2 saturated heterocycles. The quantitative estimate of drug-likeness (QED) is 0.675. The first-order valence-electron chi connectivity index (χ1n) is 11.9. The number of likely N-dealkylation sites (tertiary alicyclic amines) is 2. The second-order valence-corrected chi connectivity index (χ2v) is 9.44. The van der Waals surface area contributed by atoms with Crippen molar-refractivity contribution >= 4 is 0 Å². The van der Waals surface area contributed by atoms with Crippen molar-refractivity contribution in [2.24, 2.45) is 5.92 Å². The summed E-state index contributed by atoms with van der Waals surface area (Å²) in [6, 6.07) is 5.22. The Morgan fingerprint density at radius 1 is 0.964 bits per heavy atom. The van der Waals surface area contributed by atoms with E-state index in [-0.39, 0.29) is 0 Å². The van der Waals surface area contributed by atoms with E-state index in [0.717, 1.165) is 18.5 Å². The van der Waals surface area contributed by atoms with Crippen LogP contribution in [0.1, 0.15) is 63.4 Å². The zero-order chi connectivity index (χ0) is 19.0. The van der Waals surface area contributed by atoms with Gasteiger partial charge in [-0.25, -0.2) is 0 Å². The molecule has 1 aromatic heterocycles. The highest BCUT2D eigenvalue weighted by Gasteiger charge is 2.28. The number of aromatic nitrogens is 1. The first-order valence-corrected chi connectivity index (χ1v) is 11.9. The monoisotopic (exact) mass is 384 g/mol. The summed E-state index contributed by atoms with van der Waals surface area (Å²) in [7, 11) is 0. The van der Waals surface area contributed by atoms with E-state index < -0.39 is 0 Å². The van der Waals surface area contributed by atoms with Gasteiger partial charge in [-0.15, -0.1) is 0 Å². The number of piperidine rings is 2. The molecule has 4 nitrogen and oxygen atoms in total. The molecular weight excluding hydrogens is 344 g/mol. The molecule has 0 amide bonds. The summed E-state index contributed by atoms with van der Waals surface area (Å²) in [5.74, 6) is 0.840. The zero-order valence-corrected chi connectivity index (χ0v) is 17.8. The predicted molar refractivity (Wildman–Crippen MR) is 116 cm³/mol. The molecule has 0 spiro atoms. The van der Waals surface area contributed by atoms with Crippen molar-refractivity contribution in [3.05, 3.63) is 30.1 Å². The average molecular weight is 385 g/mol. The maximum absolute atomic E-state index is 4.35. The molecule has 1 aliphatic carbocycles. The van der Waals surface area contributed by atoms with Crippen LogP contribution in [0.15, 0.2) is 24.5 Å². The maximum Gasteiger partial charge on any atom is 0.0312 e. The van der Waals surface area contributed by atoms with Crippen molar-refractivity contribution in [2.45, 2.75) is 70.4 Å². The van der Waals surface area contributed by atoms with Gasteiger partial charge in [-0.1, -0.05) is 25.3 Å². The van der Waals surface area contributed by atoms with Crippen molar-refractivity contribution in [1.82, 2.24) is 19.7 Å². The number of pyridine rings is 1. The van der Waals surface area contributed by atoms with E-state index in [2.05, 4.69) is 38.0 Å². The molecule has 1 saturated carbocycles. The highest BCUT2D eigenvalue weighted by atomic mass is 15.2. The Balaban J connectivity index is 1.33. The molecule has 3 aliphatic rings. The number of nitrogens with zero attached hydrogens (tertiary/aromatic N) is 4. The van der Waals surface area contributed by atoms with Crippen LogP contribution >= 0.6 is 0 Å². The number of hydrogen-bond acceptors (Lipinski definition) is 4. The number of rotatable bonds is 8. The van der Waals surface area contributed by atoms with Crippen LogP contribution < -0.4 is 0 Å². The van der Waals surface area contributed by atoms with Crippen molar-refractivity contribution in [1.29, 1.82) is 0 Å². The third kappa shape index (κ3) is 6.01. The molecule has 0 bridgehead atoms. The minimum atomic E-state index is 0.840. The fourth-order valence-corrected chi connectivity index (χ4v) is 5.66. The Bertz CT molecular complexity index is 551. The lowest BCUT2D eigenvalue weighted by Crippen LogP contribution is -2.46. The second kappa shape index (κ2) is 10.7. The summed E-state index contributed by atoms with van der Waals surface area (Å²) >= 11 is 0. The van der Waals surface area contributed by atoms with Gasteiger partial charge < -0.3 is 9.80 Å². The fraction of sp³-hybridized carbons (Fsp3) is 0.792.